The number of nitrogens with one attached hydrogen (secondary N) is 1. The maximum atomic E-state index is 10.5. The van der Waals surface area contributed by atoms with Gasteiger partial charge in [-0.15, -0.1) is 0 Å². The van der Waals surface area contributed by atoms with Gasteiger partial charge in [-0.1, -0.05) is 77.9 Å². The van der Waals surface area contributed by atoms with Gasteiger partial charge in [0, 0.05) is 32.6 Å². The molecule has 204 valence electrons. The molecule has 7 aromatic rings. The van der Waals surface area contributed by atoms with Gasteiger partial charge in [0.1, 0.15) is 17.0 Å². The summed E-state index contributed by atoms with van der Waals surface area (Å²) in [7, 11) is 0. The number of H-pyrrole nitrogens is 1. The predicted octanol–water partition coefficient (Wildman–Crippen LogP) is 9.18. The van der Waals surface area contributed by atoms with E-state index in [2.05, 4.69) is 95.1 Å². The molecule has 0 spiro atoms. The number of phenols is 1. The Hall–Kier alpha value is -4.64. The molecule has 0 amide bonds. The fourth-order valence-corrected chi connectivity index (χ4v) is 5.77. The molecule has 0 saturated heterocycles. The molecule has 0 aliphatic heterocycles. The average Bonchev–Trinajstić information content (AvgIpc) is 3.50. The number of para-hydroxylation sites is 2. The molecule has 5 nitrogen and oxygen atoms in total. The first-order valence-electron chi connectivity index (χ1n) is 14.2. The minimum atomic E-state index is -0.0516. The van der Waals surface area contributed by atoms with E-state index < -0.39 is 0 Å². The summed E-state index contributed by atoms with van der Waals surface area (Å²) in [6.45, 7) is 13.6. The molecule has 0 bridgehead atoms. The summed E-state index contributed by atoms with van der Waals surface area (Å²) >= 11 is 0. The van der Waals surface area contributed by atoms with Crippen LogP contribution in [-0.4, -0.2) is 24.9 Å². The molecule has 41 heavy (non-hydrogen) atoms. The number of rotatable bonds is 2. The number of hydrogen-bond acceptors (Lipinski definition) is 3. The van der Waals surface area contributed by atoms with E-state index in [1.807, 2.05) is 35.0 Å². The summed E-state index contributed by atoms with van der Waals surface area (Å²) in [4.78, 5) is 8.58. The molecule has 0 fully saturated rings. The molecular weight excluding hydrogens is 504 g/mol. The van der Waals surface area contributed by atoms with Gasteiger partial charge in [-0.3, -0.25) is 0 Å². The predicted molar refractivity (Wildman–Crippen MR) is 170 cm³/mol. The highest BCUT2D eigenvalue weighted by Crippen LogP contribution is 2.41. The Kier molecular flexibility index (Phi) is 5.36. The van der Waals surface area contributed by atoms with Gasteiger partial charge in [-0.25, -0.2) is 9.67 Å². The Bertz CT molecular complexity index is 2130. The van der Waals surface area contributed by atoms with Crippen molar-refractivity contribution in [3.8, 4) is 22.8 Å². The van der Waals surface area contributed by atoms with Crippen molar-refractivity contribution in [3.05, 3.63) is 96.1 Å². The van der Waals surface area contributed by atoms with Gasteiger partial charge in [0.05, 0.1) is 11.0 Å². The van der Waals surface area contributed by atoms with Gasteiger partial charge >= 0.3 is 0 Å². The lowest BCUT2D eigenvalue weighted by molar-refractivity contribution is 0.480. The zero-order valence-corrected chi connectivity index (χ0v) is 24.4. The molecule has 2 N–H and O–H groups in total. The molecule has 0 radical (unpaired) electrons. The van der Waals surface area contributed by atoms with Crippen LogP contribution in [0.25, 0.3) is 60.7 Å². The van der Waals surface area contributed by atoms with Gasteiger partial charge in [0.15, 0.2) is 5.82 Å². The van der Waals surface area contributed by atoms with Crippen molar-refractivity contribution in [1.29, 1.82) is 0 Å². The Morgan fingerprint density at radius 3 is 2.24 bits per heavy atom. The summed E-state index contributed by atoms with van der Waals surface area (Å²) in [5, 5.41) is 20.1. The number of benzene rings is 4. The zero-order valence-electron chi connectivity index (χ0n) is 24.4. The van der Waals surface area contributed by atoms with Crippen molar-refractivity contribution >= 4 is 43.6 Å². The molecule has 4 aromatic carbocycles. The van der Waals surface area contributed by atoms with Gasteiger partial charge in [0.2, 0.25) is 0 Å². The van der Waals surface area contributed by atoms with Crippen molar-refractivity contribution in [2.45, 2.75) is 52.4 Å². The van der Waals surface area contributed by atoms with Crippen LogP contribution in [0.15, 0.2) is 84.9 Å². The first-order valence-corrected chi connectivity index (χ1v) is 14.2. The summed E-state index contributed by atoms with van der Waals surface area (Å²) in [5.41, 5.74) is 8.28. The molecule has 5 heteroatoms. The first kappa shape index (κ1) is 25.3. The molecule has 0 aliphatic carbocycles. The van der Waals surface area contributed by atoms with Gasteiger partial charge in [-0.2, -0.15) is 5.10 Å². The standard InChI is InChI=1S/C36H34N4O/c1-35(2,3)22-15-16-28-25(18-22)26-19-23(36(4,5)6)20-27(33(26)37-28)34-24-11-7-8-12-29(24)40(39-34)31-17-14-21-10-9-13-30(41)32(21)38-31/h7-20,37,41H,1-6H3. The summed E-state index contributed by atoms with van der Waals surface area (Å²) in [5.74, 6) is 0.824. The van der Waals surface area contributed by atoms with Gasteiger partial charge in [-0.05, 0) is 70.5 Å². The third kappa shape index (κ3) is 4.07. The second-order valence-corrected chi connectivity index (χ2v) is 13.1. The van der Waals surface area contributed by atoms with Crippen LogP contribution in [-0.2, 0) is 10.8 Å². The van der Waals surface area contributed by atoms with Crippen LogP contribution in [0.1, 0.15) is 52.7 Å². The number of hydrogen-bond donors (Lipinski definition) is 2. The molecule has 3 heterocycles. The van der Waals surface area contributed by atoms with E-state index in [1.165, 1.54) is 21.9 Å². The van der Waals surface area contributed by atoms with Gasteiger partial charge in [0.25, 0.3) is 0 Å². The van der Waals surface area contributed by atoms with Gasteiger partial charge < -0.3 is 10.1 Å². The summed E-state index contributed by atoms with van der Waals surface area (Å²) < 4.78 is 1.90. The lowest BCUT2D eigenvalue weighted by atomic mass is 9.83. The van der Waals surface area contributed by atoms with Crippen molar-refractivity contribution in [3.63, 3.8) is 0 Å². The zero-order chi connectivity index (χ0) is 28.7. The highest BCUT2D eigenvalue weighted by molar-refractivity contribution is 6.14. The van der Waals surface area contributed by atoms with E-state index in [4.69, 9.17) is 10.1 Å². The van der Waals surface area contributed by atoms with Crippen LogP contribution >= 0.6 is 0 Å². The van der Waals surface area contributed by atoms with Crippen LogP contribution in [0.3, 0.4) is 0 Å². The third-order valence-electron chi connectivity index (χ3n) is 8.18. The van der Waals surface area contributed by atoms with Crippen LogP contribution in [0, 0.1) is 0 Å². The van der Waals surface area contributed by atoms with E-state index in [9.17, 15) is 5.11 Å². The van der Waals surface area contributed by atoms with Crippen LogP contribution in [0.5, 0.6) is 5.75 Å². The van der Waals surface area contributed by atoms with E-state index in [0.29, 0.717) is 11.3 Å². The lowest BCUT2D eigenvalue weighted by Gasteiger charge is -2.21. The smallest absolute Gasteiger partial charge is 0.154 e. The van der Waals surface area contributed by atoms with Crippen molar-refractivity contribution in [1.82, 2.24) is 19.7 Å². The molecule has 7 rings (SSSR count). The Labute approximate surface area is 239 Å². The number of fused-ring (bicyclic) bond motifs is 5. The lowest BCUT2D eigenvalue weighted by Crippen LogP contribution is -2.11. The quantitative estimate of drug-likeness (QED) is 0.231. The second kappa shape index (κ2) is 8.68. The van der Waals surface area contributed by atoms with Crippen molar-refractivity contribution < 1.29 is 5.11 Å². The molecule has 0 unspecified atom stereocenters. The summed E-state index contributed by atoms with van der Waals surface area (Å²) in [6, 6.07) is 29.1. The monoisotopic (exact) mass is 538 g/mol. The third-order valence-corrected chi connectivity index (χ3v) is 8.18. The fourth-order valence-electron chi connectivity index (χ4n) is 5.77. The Morgan fingerprint density at radius 2 is 1.46 bits per heavy atom. The molecule has 0 aliphatic rings. The first-order chi connectivity index (χ1) is 19.5. The number of phenolic OH excluding ortho intramolecular Hbond substituents is 1. The minimum absolute atomic E-state index is 0.0516. The SMILES string of the molecule is CC(C)(C)c1ccc2[nH]c3c(-c4nn(-c5ccc6cccc(O)c6n5)c5ccccc45)cc(C(C)(C)C)cc3c2c1. The summed E-state index contributed by atoms with van der Waals surface area (Å²) in [6.07, 6.45) is 0. The molecule has 0 saturated carbocycles. The van der Waals surface area contributed by atoms with Crippen molar-refractivity contribution in [2.75, 3.05) is 0 Å². The van der Waals surface area contributed by atoms with E-state index in [-0.39, 0.29) is 16.6 Å². The number of aromatic nitrogens is 4. The number of aromatic hydroxyl groups is 1. The van der Waals surface area contributed by atoms with Crippen LogP contribution in [0.2, 0.25) is 0 Å². The average molecular weight is 539 g/mol. The maximum Gasteiger partial charge on any atom is 0.154 e. The van der Waals surface area contributed by atoms with Crippen LogP contribution in [0.4, 0.5) is 0 Å². The highest BCUT2D eigenvalue weighted by atomic mass is 16.3. The number of pyridine rings is 1. The van der Waals surface area contributed by atoms with E-state index in [1.54, 1.807) is 6.07 Å². The number of aromatic amines is 1. The fraction of sp³-hybridized carbons (Fsp3) is 0.222. The molecule has 3 aromatic heterocycles. The van der Waals surface area contributed by atoms with E-state index >= 15 is 0 Å². The largest absolute Gasteiger partial charge is 0.506 e. The van der Waals surface area contributed by atoms with Crippen LogP contribution < -0.4 is 0 Å². The molecule has 0 atom stereocenters. The Balaban J connectivity index is 1.54. The topological polar surface area (TPSA) is 66.7 Å². The highest BCUT2D eigenvalue weighted by Gasteiger charge is 2.24. The van der Waals surface area contributed by atoms with Crippen molar-refractivity contribution in [2.24, 2.45) is 0 Å². The van der Waals surface area contributed by atoms with E-state index in [0.717, 1.165) is 38.6 Å². The Morgan fingerprint density at radius 1 is 0.707 bits per heavy atom. The molecular formula is C36H34N4O. The normalized spacial score (nSPS) is 12.7. The minimum Gasteiger partial charge on any atom is -0.506 e. The maximum absolute atomic E-state index is 10.5. The second-order valence-electron chi connectivity index (χ2n) is 13.1. The number of nitrogens with zero attached hydrogens (tertiary/aromatic N) is 3.